The zero-order valence-electron chi connectivity index (χ0n) is 12.1. The molecule has 112 valence electrons. The zero-order chi connectivity index (χ0) is 15.2. The molecule has 0 radical (unpaired) electrons. The number of carbonyl (C=O) groups is 1. The molecule has 0 atom stereocenters. The number of rotatable bonds is 6. The molecule has 1 heterocycles. The van der Waals surface area contributed by atoms with E-state index in [0.29, 0.717) is 29.2 Å². The molecule has 3 nitrogen and oxygen atoms in total. The third kappa shape index (κ3) is 4.36. The lowest BCUT2D eigenvalue weighted by atomic mass is 10.2. The number of halogens is 1. The first-order chi connectivity index (χ1) is 10.1. The van der Waals surface area contributed by atoms with Crippen LogP contribution in [0, 0.1) is 19.7 Å². The maximum Gasteiger partial charge on any atom is 0.254 e. The molecule has 0 spiro atoms. The highest BCUT2D eigenvalue weighted by molar-refractivity contribution is 7.98. The third-order valence-corrected chi connectivity index (χ3v) is 4.04. The van der Waals surface area contributed by atoms with E-state index in [-0.39, 0.29) is 11.7 Å². The Labute approximate surface area is 127 Å². The van der Waals surface area contributed by atoms with Gasteiger partial charge in [-0.3, -0.25) is 4.79 Å². The van der Waals surface area contributed by atoms with Crippen LogP contribution >= 0.6 is 11.8 Å². The molecule has 0 aliphatic heterocycles. The molecule has 0 unspecified atom stereocenters. The molecule has 1 aromatic carbocycles. The van der Waals surface area contributed by atoms with Crippen molar-refractivity contribution in [2.24, 2.45) is 0 Å². The van der Waals surface area contributed by atoms with E-state index in [9.17, 15) is 9.18 Å². The number of amides is 1. The van der Waals surface area contributed by atoms with Crippen molar-refractivity contribution >= 4 is 17.7 Å². The number of nitrogens with one attached hydrogen (secondary N) is 1. The molecule has 2 rings (SSSR count). The summed E-state index contributed by atoms with van der Waals surface area (Å²) >= 11 is 1.59. The van der Waals surface area contributed by atoms with Gasteiger partial charge in [-0.1, -0.05) is 18.2 Å². The van der Waals surface area contributed by atoms with Crippen molar-refractivity contribution in [2.45, 2.75) is 19.6 Å². The van der Waals surface area contributed by atoms with Crippen molar-refractivity contribution in [1.29, 1.82) is 0 Å². The van der Waals surface area contributed by atoms with Gasteiger partial charge in [0.15, 0.2) is 0 Å². The van der Waals surface area contributed by atoms with E-state index < -0.39 is 0 Å². The van der Waals surface area contributed by atoms with Crippen LogP contribution in [0.1, 0.15) is 27.4 Å². The first-order valence-corrected chi connectivity index (χ1v) is 7.90. The minimum Gasteiger partial charge on any atom is -0.466 e. The molecule has 1 N–H and O–H groups in total. The monoisotopic (exact) mass is 307 g/mol. The lowest BCUT2D eigenvalue weighted by Gasteiger charge is -2.05. The van der Waals surface area contributed by atoms with Gasteiger partial charge in [0.25, 0.3) is 5.91 Å². The number of hydrogen-bond acceptors (Lipinski definition) is 3. The molecule has 0 fully saturated rings. The Morgan fingerprint density at radius 3 is 2.76 bits per heavy atom. The Balaban J connectivity index is 1.72. The predicted molar refractivity (Wildman–Crippen MR) is 83.1 cm³/mol. The van der Waals surface area contributed by atoms with Gasteiger partial charge in [-0.05, 0) is 31.5 Å². The average molecular weight is 307 g/mol. The summed E-state index contributed by atoms with van der Waals surface area (Å²) in [7, 11) is 0. The van der Waals surface area contributed by atoms with Crippen LogP contribution in [-0.2, 0) is 5.75 Å². The first-order valence-electron chi connectivity index (χ1n) is 6.74. The second-order valence-corrected chi connectivity index (χ2v) is 5.83. The highest BCUT2D eigenvalue weighted by Gasteiger charge is 2.12. The summed E-state index contributed by atoms with van der Waals surface area (Å²) in [6.45, 7) is 4.13. The van der Waals surface area contributed by atoms with Crippen molar-refractivity contribution in [3.63, 3.8) is 0 Å². The smallest absolute Gasteiger partial charge is 0.254 e. The standard InChI is InChI=1S/C16H18FNO2S/c1-11-9-14(12(2)20-11)16(19)18-7-8-21-10-13-5-3-4-6-15(13)17/h3-6,9H,7-8,10H2,1-2H3,(H,18,19). The molecule has 1 aromatic heterocycles. The molecule has 0 aliphatic rings. The van der Waals surface area contributed by atoms with Crippen molar-refractivity contribution < 1.29 is 13.6 Å². The summed E-state index contributed by atoms with van der Waals surface area (Å²) in [5, 5.41) is 2.84. The molecular weight excluding hydrogens is 289 g/mol. The fourth-order valence-corrected chi connectivity index (χ4v) is 2.83. The quantitative estimate of drug-likeness (QED) is 0.827. The molecule has 5 heteroatoms. The largest absolute Gasteiger partial charge is 0.466 e. The number of furan rings is 1. The molecule has 2 aromatic rings. The highest BCUT2D eigenvalue weighted by Crippen LogP contribution is 2.15. The zero-order valence-corrected chi connectivity index (χ0v) is 12.9. The number of thioether (sulfide) groups is 1. The van der Waals surface area contributed by atoms with E-state index in [1.54, 1.807) is 36.9 Å². The summed E-state index contributed by atoms with van der Waals surface area (Å²) < 4.78 is 18.7. The van der Waals surface area contributed by atoms with Crippen molar-refractivity contribution in [3.8, 4) is 0 Å². The summed E-state index contributed by atoms with van der Waals surface area (Å²) in [5.41, 5.74) is 1.27. The fraction of sp³-hybridized carbons (Fsp3) is 0.312. The molecule has 21 heavy (non-hydrogen) atoms. The lowest BCUT2D eigenvalue weighted by Crippen LogP contribution is -2.25. The predicted octanol–water partition coefficient (Wildman–Crippen LogP) is 3.70. The Morgan fingerprint density at radius 2 is 2.10 bits per heavy atom. The average Bonchev–Trinajstić information content (AvgIpc) is 2.79. The van der Waals surface area contributed by atoms with Crippen LogP contribution in [0.15, 0.2) is 34.7 Å². The van der Waals surface area contributed by atoms with Crippen molar-refractivity contribution in [2.75, 3.05) is 12.3 Å². The normalized spacial score (nSPS) is 10.6. The Morgan fingerprint density at radius 1 is 1.33 bits per heavy atom. The van der Waals surface area contributed by atoms with Crippen LogP contribution in [0.2, 0.25) is 0 Å². The van der Waals surface area contributed by atoms with Crippen molar-refractivity contribution in [3.05, 3.63) is 58.8 Å². The van der Waals surface area contributed by atoms with Crippen LogP contribution in [0.5, 0.6) is 0 Å². The van der Waals surface area contributed by atoms with E-state index >= 15 is 0 Å². The fourth-order valence-electron chi connectivity index (χ4n) is 1.99. The van der Waals surface area contributed by atoms with Gasteiger partial charge in [-0.15, -0.1) is 0 Å². The van der Waals surface area contributed by atoms with E-state index in [0.717, 1.165) is 11.5 Å². The van der Waals surface area contributed by atoms with Gasteiger partial charge in [0.2, 0.25) is 0 Å². The van der Waals surface area contributed by atoms with E-state index in [1.807, 2.05) is 13.0 Å². The second kappa shape index (κ2) is 7.31. The molecule has 0 bridgehead atoms. The number of carbonyl (C=O) groups excluding carboxylic acids is 1. The van der Waals surface area contributed by atoms with Gasteiger partial charge in [-0.25, -0.2) is 4.39 Å². The number of hydrogen-bond donors (Lipinski definition) is 1. The SMILES string of the molecule is Cc1cc(C(=O)NCCSCc2ccccc2F)c(C)o1. The van der Waals surface area contributed by atoms with Crippen LogP contribution < -0.4 is 5.32 Å². The Bertz CT molecular complexity index is 624. The minimum absolute atomic E-state index is 0.129. The van der Waals surface area contributed by atoms with Crippen LogP contribution in [-0.4, -0.2) is 18.2 Å². The molecular formula is C16H18FNO2S. The maximum absolute atomic E-state index is 13.4. The summed E-state index contributed by atoms with van der Waals surface area (Å²) in [6, 6.07) is 8.47. The highest BCUT2D eigenvalue weighted by atomic mass is 32.2. The van der Waals surface area contributed by atoms with Gasteiger partial charge in [0.1, 0.15) is 17.3 Å². The van der Waals surface area contributed by atoms with Gasteiger partial charge >= 0.3 is 0 Å². The van der Waals surface area contributed by atoms with E-state index in [2.05, 4.69) is 5.32 Å². The lowest BCUT2D eigenvalue weighted by molar-refractivity contribution is 0.0954. The van der Waals surface area contributed by atoms with Crippen molar-refractivity contribution in [1.82, 2.24) is 5.32 Å². The number of aryl methyl sites for hydroxylation is 2. The van der Waals surface area contributed by atoms with Gasteiger partial charge in [-0.2, -0.15) is 11.8 Å². The second-order valence-electron chi connectivity index (χ2n) is 4.73. The topological polar surface area (TPSA) is 42.2 Å². The van der Waals surface area contributed by atoms with E-state index in [1.165, 1.54) is 6.07 Å². The van der Waals surface area contributed by atoms with Gasteiger partial charge in [0.05, 0.1) is 5.56 Å². The third-order valence-electron chi connectivity index (χ3n) is 3.03. The van der Waals surface area contributed by atoms with Crippen LogP contribution in [0.3, 0.4) is 0 Å². The first kappa shape index (κ1) is 15.6. The Hall–Kier alpha value is -1.75. The van der Waals surface area contributed by atoms with Gasteiger partial charge < -0.3 is 9.73 Å². The van der Waals surface area contributed by atoms with Gasteiger partial charge in [0, 0.05) is 18.1 Å². The van der Waals surface area contributed by atoms with E-state index in [4.69, 9.17) is 4.42 Å². The maximum atomic E-state index is 13.4. The molecule has 0 saturated heterocycles. The van der Waals surface area contributed by atoms with Crippen LogP contribution in [0.25, 0.3) is 0 Å². The summed E-state index contributed by atoms with van der Waals surface area (Å²) in [6.07, 6.45) is 0. The molecule has 0 saturated carbocycles. The molecule has 0 aliphatic carbocycles. The molecule has 1 amide bonds. The summed E-state index contributed by atoms with van der Waals surface area (Å²) in [5.74, 6) is 2.38. The summed E-state index contributed by atoms with van der Waals surface area (Å²) in [4.78, 5) is 11.9. The van der Waals surface area contributed by atoms with Crippen LogP contribution in [0.4, 0.5) is 4.39 Å². The minimum atomic E-state index is -0.182. The Kier molecular flexibility index (Phi) is 5.44. The number of benzene rings is 1.